The average molecular weight is 1120 g/mol. The van der Waals surface area contributed by atoms with Crippen LogP contribution < -0.4 is 31.9 Å². The van der Waals surface area contributed by atoms with E-state index in [1.54, 1.807) is 21.3 Å². The molecule has 0 aromatic heterocycles. The van der Waals surface area contributed by atoms with E-state index < -0.39 is 5.54 Å². The van der Waals surface area contributed by atoms with E-state index in [9.17, 15) is 38.4 Å². The standard InChI is InChI=1S/C61H114N6O12/c1-52(2)29-15-8-9-21-42-62-56(71)35-28-36-60(75)67-61(40-19-17-31-54(69)33-27-32-53(68)30-16-7-6-12-24-47-76-3,41-20-18-34-55(70)65-45-37-57(72)63-43-22-10-13-25-48-77-4)51-79-50-39-59(74)66-46-38-58(73)64-44-23-11-14-26-49-78-5/h52H,6-51H2,1-5H3,(H,62,71)(H,63,72)(H,64,73)(H,65,70)(H,66,74)(H,67,75). The molecule has 1 unspecified atom stereocenters. The van der Waals surface area contributed by atoms with Crippen LogP contribution in [0.5, 0.6) is 0 Å². The number of nitrogens with one attached hydrogen (secondary N) is 6. The summed E-state index contributed by atoms with van der Waals surface area (Å²) in [7, 11) is 5.07. The largest absolute Gasteiger partial charge is 0.385 e. The van der Waals surface area contributed by atoms with Gasteiger partial charge in [0.15, 0.2) is 0 Å². The Morgan fingerprint density at radius 3 is 1.15 bits per heavy atom. The van der Waals surface area contributed by atoms with E-state index in [0.717, 1.165) is 123 Å². The fraction of sp³-hybridized carbons (Fsp3) is 0.869. The number of hydrogen-bond donors (Lipinski definition) is 6. The molecular formula is C61H114N6O12. The van der Waals surface area contributed by atoms with Gasteiger partial charge in [0, 0.05) is 138 Å². The van der Waals surface area contributed by atoms with Crippen molar-refractivity contribution in [1.29, 1.82) is 0 Å². The van der Waals surface area contributed by atoms with Crippen molar-refractivity contribution in [2.75, 3.05) is 87.1 Å². The zero-order chi connectivity index (χ0) is 58.3. The first-order chi connectivity index (χ1) is 38.2. The number of amides is 6. The molecule has 0 aromatic carbocycles. The van der Waals surface area contributed by atoms with Crippen LogP contribution in [-0.4, -0.2) is 140 Å². The Kier molecular flexibility index (Phi) is 51.8. The lowest BCUT2D eigenvalue weighted by Gasteiger charge is -2.35. The summed E-state index contributed by atoms with van der Waals surface area (Å²) in [6.45, 7) is 9.01. The molecule has 0 aliphatic carbocycles. The van der Waals surface area contributed by atoms with Crippen molar-refractivity contribution in [2.45, 2.75) is 251 Å². The first-order valence-electron chi connectivity index (χ1n) is 31.0. The Labute approximate surface area is 478 Å². The minimum Gasteiger partial charge on any atom is -0.385 e. The minimum absolute atomic E-state index is 0.0408. The number of ketones is 2. The molecule has 0 fully saturated rings. The maximum atomic E-state index is 13.8. The normalized spacial score (nSPS) is 12.0. The molecule has 460 valence electrons. The number of hydrogen-bond acceptors (Lipinski definition) is 12. The van der Waals surface area contributed by atoms with Gasteiger partial charge >= 0.3 is 0 Å². The zero-order valence-corrected chi connectivity index (χ0v) is 50.5. The second kappa shape index (κ2) is 54.6. The van der Waals surface area contributed by atoms with Crippen LogP contribution in [0.1, 0.15) is 245 Å². The van der Waals surface area contributed by atoms with Gasteiger partial charge in [0.2, 0.25) is 35.4 Å². The van der Waals surface area contributed by atoms with Crippen molar-refractivity contribution < 1.29 is 57.3 Å². The summed E-state index contributed by atoms with van der Waals surface area (Å²) in [5, 5.41) is 17.7. The van der Waals surface area contributed by atoms with Gasteiger partial charge in [-0.3, -0.25) is 38.4 Å². The van der Waals surface area contributed by atoms with E-state index in [1.807, 2.05) is 0 Å². The average Bonchev–Trinajstić information content (AvgIpc) is 3.42. The summed E-state index contributed by atoms with van der Waals surface area (Å²) in [6, 6.07) is 0. The van der Waals surface area contributed by atoms with Crippen LogP contribution in [0, 0.1) is 5.92 Å². The molecule has 0 aromatic rings. The maximum Gasteiger partial charge on any atom is 0.222 e. The molecule has 18 heteroatoms. The molecule has 79 heavy (non-hydrogen) atoms. The molecule has 0 aliphatic rings. The molecule has 0 bridgehead atoms. The predicted octanol–water partition coefficient (Wildman–Crippen LogP) is 9.22. The van der Waals surface area contributed by atoms with Gasteiger partial charge in [-0.1, -0.05) is 97.3 Å². The van der Waals surface area contributed by atoms with Crippen LogP contribution in [0.15, 0.2) is 0 Å². The molecule has 1 atom stereocenters. The molecule has 6 amide bonds. The summed E-state index contributed by atoms with van der Waals surface area (Å²) in [5.74, 6) is -0.0307. The Morgan fingerprint density at radius 2 is 0.671 bits per heavy atom. The lowest BCUT2D eigenvalue weighted by atomic mass is 9.86. The Hall–Kier alpha value is -4.00. The fourth-order valence-corrected chi connectivity index (χ4v) is 9.23. The molecule has 6 N–H and O–H groups in total. The number of unbranched alkanes of at least 4 members (excludes halogenated alkanes) is 15. The molecule has 0 saturated heterocycles. The van der Waals surface area contributed by atoms with E-state index in [2.05, 4.69) is 45.7 Å². The first kappa shape index (κ1) is 75.0. The molecular weight excluding hydrogens is 1010 g/mol. The van der Waals surface area contributed by atoms with Crippen LogP contribution >= 0.6 is 0 Å². The van der Waals surface area contributed by atoms with Crippen LogP contribution in [0.4, 0.5) is 0 Å². The lowest BCUT2D eigenvalue weighted by Crippen LogP contribution is -2.52. The van der Waals surface area contributed by atoms with E-state index in [1.165, 1.54) is 12.8 Å². The molecule has 0 spiro atoms. The number of carbonyl (C=O) groups is 8. The topological polar surface area (TPSA) is 246 Å². The van der Waals surface area contributed by atoms with Crippen molar-refractivity contribution >= 4 is 47.0 Å². The van der Waals surface area contributed by atoms with Crippen molar-refractivity contribution in [3.63, 3.8) is 0 Å². The number of carbonyl (C=O) groups excluding carboxylic acids is 8. The number of ether oxygens (including phenoxy) is 4. The van der Waals surface area contributed by atoms with Gasteiger partial charge in [-0.2, -0.15) is 0 Å². The number of rotatable bonds is 59. The molecule has 0 rings (SSSR count). The van der Waals surface area contributed by atoms with Crippen LogP contribution in [0.2, 0.25) is 0 Å². The van der Waals surface area contributed by atoms with E-state index in [4.69, 9.17) is 18.9 Å². The van der Waals surface area contributed by atoms with E-state index in [0.29, 0.717) is 103 Å². The second-order valence-corrected chi connectivity index (χ2v) is 22.0. The Balaban J connectivity index is 5.67. The number of Topliss-reactive ketones (excluding diaryl/α,β-unsaturated/α-hetero) is 2. The highest BCUT2D eigenvalue weighted by atomic mass is 16.5. The number of methoxy groups -OCH3 is 3. The third-order valence-electron chi connectivity index (χ3n) is 14.0. The summed E-state index contributed by atoms with van der Waals surface area (Å²) < 4.78 is 21.5. The Bertz CT molecular complexity index is 1450. The van der Waals surface area contributed by atoms with Crippen LogP contribution in [0.25, 0.3) is 0 Å². The van der Waals surface area contributed by atoms with Crippen molar-refractivity contribution in [1.82, 2.24) is 31.9 Å². The van der Waals surface area contributed by atoms with Gasteiger partial charge < -0.3 is 50.8 Å². The zero-order valence-electron chi connectivity index (χ0n) is 50.5. The monoisotopic (exact) mass is 1120 g/mol. The van der Waals surface area contributed by atoms with Gasteiger partial charge in [-0.15, -0.1) is 0 Å². The lowest BCUT2D eigenvalue weighted by molar-refractivity contribution is -0.127. The van der Waals surface area contributed by atoms with Gasteiger partial charge in [0.1, 0.15) is 11.6 Å². The molecule has 0 heterocycles. The van der Waals surface area contributed by atoms with Gasteiger partial charge in [0.25, 0.3) is 0 Å². The molecule has 0 aliphatic heterocycles. The van der Waals surface area contributed by atoms with Crippen molar-refractivity contribution in [2.24, 2.45) is 5.92 Å². The maximum absolute atomic E-state index is 13.8. The van der Waals surface area contributed by atoms with Gasteiger partial charge in [-0.25, -0.2) is 0 Å². The van der Waals surface area contributed by atoms with E-state index in [-0.39, 0.29) is 112 Å². The SMILES string of the molecule is COCCCCCCCC(=O)CCCC(=O)CCCCC(CCCCC(=O)NCCC(=O)NCCCCCCOC)(COCCC(=O)NCCC(=O)NCCCCCCOC)NC(=O)CCCC(=O)NCCCCCCC(C)C. The summed E-state index contributed by atoms with van der Waals surface area (Å²) in [5.41, 5.74) is -0.898. The summed E-state index contributed by atoms with van der Waals surface area (Å²) >= 11 is 0. The summed E-state index contributed by atoms with van der Waals surface area (Å²) in [4.78, 5) is 103. The van der Waals surface area contributed by atoms with Crippen LogP contribution in [0.3, 0.4) is 0 Å². The Morgan fingerprint density at radius 1 is 0.329 bits per heavy atom. The first-order valence-corrected chi connectivity index (χ1v) is 31.0. The highest BCUT2D eigenvalue weighted by Crippen LogP contribution is 2.25. The van der Waals surface area contributed by atoms with Crippen molar-refractivity contribution in [3.8, 4) is 0 Å². The summed E-state index contributed by atoms with van der Waals surface area (Å²) in [6.07, 6.45) is 25.0. The molecule has 0 radical (unpaired) electrons. The smallest absolute Gasteiger partial charge is 0.222 e. The fourth-order valence-electron chi connectivity index (χ4n) is 9.23. The highest BCUT2D eigenvalue weighted by Gasteiger charge is 2.32. The third kappa shape index (κ3) is 51.9. The molecule has 0 saturated carbocycles. The second-order valence-electron chi connectivity index (χ2n) is 22.0. The van der Waals surface area contributed by atoms with Gasteiger partial charge in [-0.05, 0) is 89.4 Å². The van der Waals surface area contributed by atoms with Gasteiger partial charge in [0.05, 0.1) is 18.8 Å². The van der Waals surface area contributed by atoms with Crippen molar-refractivity contribution in [3.05, 3.63) is 0 Å². The van der Waals surface area contributed by atoms with Crippen LogP contribution in [-0.2, 0) is 57.3 Å². The minimum atomic E-state index is -0.898. The molecule has 18 nitrogen and oxygen atoms in total. The highest BCUT2D eigenvalue weighted by molar-refractivity contribution is 5.82. The predicted molar refractivity (Wildman–Crippen MR) is 313 cm³/mol. The third-order valence-corrected chi connectivity index (χ3v) is 14.0. The quantitative estimate of drug-likeness (QED) is 0.0312. The van der Waals surface area contributed by atoms with E-state index >= 15 is 0 Å².